The van der Waals surface area contributed by atoms with E-state index in [0.717, 1.165) is 49.2 Å². The Kier molecular flexibility index (Phi) is 6.43. The third kappa shape index (κ3) is 4.39. The van der Waals surface area contributed by atoms with Crippen molar-refractivity contribution in [1.29, 1.82) is 0 Å². The minimum Gasteiger partial charge on any atom is -0.354 e. The maximum atomic E-state index is 12.6. The zero-order valence-corrected chi connectivity index (χ0v) is 18.2. The normalized spacial score (nSPS) is 18.0. The zero-order valence-electron chi connectivity index (χ0n) is 17.3. The lowest BCUT2D eigenvalue weighted by Crippen LogP contribution is -2.34. The molecule has 0 bridgehead atoms. The van der Waals surface area contributed by atoms with E-state index in [1.807, 2.05) is 39.6 Å². The number of aromatic nitrogens is 4. The first-order chi connectivity index (χ1) is 14.6. The van der Waals surface area contributed by atoms with E-state index >= 15 is 0 Å². The first kappa shape index (κ1) is 20.9. The molecular weight excluding hydrogens is 403 g/mol. The molecule has 3 heterocycles. The summed E-state index contributed by atoms with van der Waals surface area (Å²) >= 11 is 0. The van der Waals surface area contributed by atoms with Crippen molar-refractivity contribution < 1.29 is 13.6 Å². The molecule has 2 aromatic heterocycles. The Balaban J connectivity index is 1.37. The van der Waals surface area contributed by atoms with E-state index in [0.29, 0.717) is 18.4 Å². The second kappa shape index (κ2) is 9.22. The number of anilines is 1. The highest BCUT2D eigenvalue weighted by Gasteiger charge is 2.35. The fourth-order valence-electron chi connectivity index (χ4n) is 3.91. The first-order valence-corrected chi connectivity index (χ1v) is 11.6. The number of hydrogen-bond donors (Lipinski definition) is 1. The van der Waals surface area contributed by atoms with Crippen LogP contribution in [0.15, 0.2) is 42.9 Å². The summed E-state index contributed by atoms with van der Waals surface area (Å²) in [4.78, 5) is 13.4. The Labute approximate surface area is 176 Å². The number of nitrogens with zero attached hydrogens (tertiary/aromatic N) is 5. The molecule has 1 aliphatic rings. The van der Waals surface area contributed by atoms with Crippen molar-refractivity contribution in [3.05, 3.63) is 42.9 Å². The van der Waals surface area contributed by atoms with Gasteiger partial charge in [-0.15, -0.1) is 0 Å². The largest absolute Gasteiger partial charge is 0.407 e. The molecule has 30 heavy (non-hydrogen) atoms. The highest BCUT2D eigenvalue weighted by molar-refractivity contribution is 7.51. The number of fused-ring (bicyclic) bond motifs is 1. The van der Waals surface area contributed by atoms with Crippen LogP contribution in [-0.2, 0) is 13.6 Å². The molecule has 0 saturated carbocycles. The quantitative estimate of drug-likeness (QED) is 0.540. The van der Waals surface area contributed by atoms with Gasteiger partial charge in [0.25, 0.3) is 0 Å². The van der Waals surface area contributed by atoms with Gasteiger partial charge in [0.05, 0.1) is 11.0 Å². The van der Waals surface area contributed by atoms with Crippen LogP contribution in [0.3, 0.4) is 0 Å². The summed E-state index contributed by atoms with van der Waals surface area (Å²) in [6, 6.07) is 9.82. The number of benzene rings is 1. The van der Waals surface area contributed by atoms with Crippen molar-refractivity contribution in [1.82, 2.24) is 24.2 Å². The van der Waals surface area contributed by atoms with Crippen LogP contribution < -0.4 is 5.32 Å². The predicted molar refractivity (Wildman–Crippen MR) is 116 cm³/mol. The fourth-order valence-corrected chi connectivity index (χ4v) is 5.33. The Hall–Kier alpha value is -2.32. The lowest BCUT2D eigenvalue weighted by Gasteiger charge is -2.35. The van der Waals surface area contributed by atoms with E-state index in [9.17, 15) is 4.57 Å². The van der Waals surface area contributed by atoms with Crippen LogP contribution in [0.1, 0.15) is 19.3 Å². The Morgan fingerprint density at radius 2 is 2.03 bits per heavy atom. The van der Waals surface area contributed by atoms with E-state index in [4.69, 9.17) is 9.05 Å². The Morgan fingerprint density at radius 1 is 1.20 bits per heavy atom. The summed E-state index contributed by atoms with van der Waals surface area (Å²) in [7, 11) is -0.292. The summed E-state index contributed by atoms with van der Waals surface area (Å²) in [5, 5.41) is 3.32. The van der Waals surface area contributed by atoms with Crippen LogP contribution in [0.5, 0.6) is 0 Å². The number of piperidine rings is 1. The van der Waals surface area contributed by atoms with Gasteiger partial charge in [-0.05, 0) is 43.4 Å². The van der Waals surface area contributed by atoms with Crippen LogP contribution in [0.4, 0.5) is 5.95 Å². The van der Waals surface area contributed by atoms with Crippen molar-refractivity contribution in [2.75, 3.05) is 39.2 Å². The smallest absolute Gasteiger partial charge is 0.354 e. The second-order valence-corrected chi connectivity index (χ2v) is 9.54. The topological polar surface area (TPSA) is 94.4 Å². The molecule has 0 amide bonds. The maximum Gasteiger partial charge on any atom is 0.407 e. The predicted octanol–water partition coefficient (Wildman–Crippen LogP) is 3.73. The molecule has 1 saturated heterocycles. The SMILES string of the molecule is COP(=O)(OC)N1CCCC(CCNc2nccc(-n3cnc4ccccc43)n2)C1. The van der Waals surface area contributed by atoms with Crippen LogP contribution in [0.2, 0.25) is 0 Å². The average molecular weight is 430 g/mol. The molecule has 0 spiro atoms. The average Bonchev–Trinajstić information content (AvgIpc) is 3.23. The van der Waals surface area contributed by atoms with E-state index in [1.165, 1.54) is 14.2 Å². The second-order valence-electron chi connectivity index (χ2n) is 7.31. The van der Waals surface area contributed by atoms with E-state index in [-0.39, 0.29) is 0 Å². The highest BCUT2D eigenvalue weighted by Crippen LogP contribution is 2.52. The van der Waals surface area contributed by atoms with Gasteiger partial charge in [0, 0.05) is 40.1 Å². The Bertz CT molecular complexity index is 1030. The number of nitrogens with one attached hydrogen (secondary N) is 1. The van der Waals surface area contributed by atoms with Gasteiger partial charge in [-0.3, -0.25) is 13.6 Å². The molecular formula is C20H27N6O3P. The van der Waals surface area contributed by atoms with Gasteiger partial charge in [0.15, 0.2) is 0 Å². The van der Waals surface area contributed by atoms with Crippen molar-refractivity contribution >= 4 is 24.7 Å². The number of hydrogen-bond acceptors (Lipinski definition) is 7. The molecule has 1 aromatic carbocycles. The number of imidazole rings is 1. The van der Waals surface area contributed by atoms with E-state index in [2.05, 4.69) is 20.3 Å². The molecule has 1 N–H and O–H groups in total. The molecule has 10 heteroatoms. The molecule has 1 aliphatic heterocycles. The molecule has 1 fully saturated rings. The van der Waals surface area contributed by atoms with Gasteiger partial charge in [0.1, 0.15) is 12.1 Å². The Morgan fingerprint density at radius 3 is 2.87 bits per heavy atom. The summed E-state index contributed by atoms with van der Waals surface area (Å²) < 4.78 is 26.7. The van der Waals surface area contributed by atoms with Crippen molar-refractivity contribution in [3.8, 4) is 5.82 Å². The zero-order chi connectivity index (χ0) is 21.0. The van der Waals surface area contributed by atoms with Gasteiger partial charge < -0.3 is 5.32 Å². The minimum absolute atomic E-state index is 0.408. The molecule has 3 aromatic rings. The van der Waals surface area contributed by atoms with Crippen molar-refractivity contribution in [3.63, 3.8) is 0 Å². The molecule has 0 aliphatic carbocycles. The van der Waals surface area contributed by atoms with Crippen LogP contribution in [0, 0.1) is 5.92 Å². The summed E-state index contributed by atoms with van der Waals surface area (Å²) in [5.41, 5.74) is 1.93. The first-order valence-electron chi connectivity index (χ1n) is 10.1. The molecule has 4 rings (SSSR count). The molecule has 0 radical (unpaired) electrons. The number of para-hydroxylation sites is 2. The summed E-state index contributed by atoms with van der Waals surface area (Å²) in [6.45, 7) is 2.16. The maximum absolute atomic E-state index is 12.6. The van der Waals surface area contributed by atoms with Gasteiger partial charge in [-0.25, -0.2) is 19.2 Å². The molecule has 160 valence electrons. The third-order valence-electron chi connectivity index (χ3n) is 5.48. The standard InChI is InChI=1S/C20H27N6O3P/c1-28-30(27,29-2)25-13-5-6-16(14-25)9-11-21-20-22-12-10-19(24-20)26-15-23-17-7-3-4-8-18(17)26/h3-4,7-8,10,12,15-16H,5-6,9,11,13-14H2,1-2H3,(H,21,22,24). The third-order valence-corrected chi connectivity index (χ3v) is 7.46. The van der Waals surface area contributed by atoms with Gasteiger partial charge in [-0.1, -0.05) is 12.1 Å². The summed E-state index contributed by atoms with van der Waals surface area (Å²) in [6.07, 6.45) is 6.51. The minimum atomic E-state index is -3.16. The van der Waals surface area contributed by atoms with Crippen molar-refractivity contribution in [2.24, 2.45) is 5.92 Å². The van der Waals surface area contributed by atoms with Crippen LogP contribution in [0.25, 0.3) is 16.9 Å². The van der Waals surface area contributed by atoms with Gasteiger partial charge in [-0.2, -0.15) is 4.98 Å². The van der Waals surface area contributed by atoms with Crippen molar-refractivity contribution in [2.45, 2.75) is 19.3 Å². The fraction of sp³-hybridized carbons (Fsp3) is 0.450. The van der Waals surface area contributed by atoms with Crippen LogP contribution in [-0.4, -0.2) is 58.0 Å². The molecule has 1 atom stereocenters. The number of rotatable bonds is 8. The highest BCUT2D eigenvalue weighted by atomic mass is 31.2. The monoisotopic (exact) mass is 430 g/mol. The van der Waals surface area contributed by atoms with E-state index < -0.39 is 7.75 Å². The van der Waals surface area contributed by atoms with E-state index in [1.54, 1.807) is 12.5 Å². The summed E-state index contributed by atoms with van der Waals surface area (Å²) in [5.74, 6) is 1.76. The lowest BCUT2D eigenvalue weighted by atomic mass is 9.96. The lowest BCUT2D eigenvalue weighted by molar-refractivity contribution is 0.168. The van der Waals surface area contributed by atoms with Crippen LogP contribution >= 0.6 is 7.75 Å². The van der Waals surface area contributed by atoms with Gasteiger partial charge in [0.2, 0.25) is 5.95 Å². The molecule has 9 nitrogen and oxygen atoms in total. The van der Waals surface area contributed by atoms with Gasteiger partial charge >= 0.3 is 7.75 Å². The molecule has 1 unspecified atom stereocenters.